The topological polar surface area (TPSA) is 291 Å². The Bertz CT molecular complexity index is 3090. The minimum atomic E-state index is -0.706. The summed E-state index contributed by atoms with van der Waals surface area (Å²) in [7, 11) is 0. The first-order chi connectivity index (χ1) is 33.1. The van der Waals surface area contributed by atoms with Gasteiger partial charge in [0.15, 0.2) is 11.7 Å². The van der Waals surface area contributed by atoms with Gasteiger partial charge in [0.25, 0.3) is 17.7 Å². The van der Waals surface area contributed by atoms with Crippen LogP contribution in [-0.4, -0.2) is 118 Å². The summed E-state index contributed by atoms with van der Waals surface area (Å²) < 4.78 is 17.2. The number of ketones is 1. The number of imidazole rings is 2. The molecule has 6 N–H and O–H groups in total. The minimum Gasteiger partial charge on any atom is -0.491 e. The van der Waals surface area contributed by atoms with Crippen LogP contribution in [0.5, 0.6) is 5.75 Å². The second-order valence-electron chi connectivity index (χ2n) is 16.6. The summed E-state index contributed by atoms with van der Waals surface area (Å²) in [5.74, 6) is -1.74. The third kappa shape index (κ3) is 9.99. The fraction of sp³-hybridized carbons (Fsp3) is 0.340. The van der Waals surface area contributed by atoms with Crippen LogP contribution in [0.2, 0.25) is 0 Å². The number of primary amides is 2. The fourth-order valence-electron chi connectivity index (χ4n) is 8.33. The number of hydrogen-bond acceptors (Lipinski definition) is 14. The molecule has 22 nitrogen and oxygen atoms in total. The monoisotopic (exact) mass is 941 g/mol. The number of fused-ring (bicyclic) bond motifs is 2. The van der Waals surface area contributed by atoms with Crippen molar-refractivity contribution in [2.24, 2.45) is 17.4 Å². The number of oxazole rings is 1. The number of rotatable bonds is 21. The summed E-state index contributed by atoms with van der Waals surface area (Å²) in [6, 6.07) is 9.60. The van der Waals surface area contributed by atoms with Crippen molar-refractivity contribution in [2.75, 3.05) is 43.4 Å². The lowest BCUT2D eigenvalue weighted by Gasteiger charge is -2.39. The molecule has 1 fully saturated rings. The van der Waals surface area contributed by atoms with Crippen LogP contribution in [0.1, 0.15) is 85.7 Å². The van der Waals surface area contributed by atoms with E-state index in [4.69, 9.17) is 25.6 Å². The Hall–Kier alpha value is -8.43. The van der Waals surface area contributed by atoms with Gasteiger partial charge in [0.2, 0.25) is 35.4 Å². The predicted molar refractivity (Wildman–Crippen MR) is 250 cm³/mol. The molecule has 2 aliphatic rings. The fourth-order valence-corrected chi connectivity index (χ4v) is 8.33. The molecule has 6 heterocycles. The Morgan fingerprint density at radius 3 is 2.26 bits per heavy atom. The smallest absolute Gasteiger partial charge is 0.276 e. The maximum absolute atomic E-state index is 13.6. The molecule has 0 radical (unpaired) electrons. The number of aromatic nitrogens is 7. The molecular weight excluding hydrogens is 891 g/mol. The number of Topliss-reactive ketones (excluding diaryl/α,β-unsaturated/α-hetero) is 1. The average Bonchev–Trinajstić information content (AvgIpc) is 4.13. The molecule has 358 valence electrons. The third-order valence-electron chi connectivity index (χ3n) is 11.9. The second-order valence-corrected chi connectivity index (χ2v) is 16.6. The highest BCUT2D eigenvalue weighted by molar-refractivity contribution is 6.13. The van der Waals surface area contributed by atoms with Crippen molar-refractivity contribution in [2.45, 2.75) is 66.6 Å². The summed E-state index contributed by atoms with van der Waals surface area (Å²) in [4.78, 5) is 105. The molecule has 2 aliphatic heterocycles. The van der Waals surface area contributed by atoms with Crippen LogP contribution < -0.4 is 26.8 Å². The van der Waals surface area contributed by atoms with E-state index in [2.05, 4.69) is 25.7 Å². The van der Waals surface area contributed by atoms with Crippen LogP contribution >= 0.6 is 0 Å². The van der Waals surface area contributed by atoms with E-state index in [1.54, 1.807) is 62.9 Å². The lowest BCUT2D eigenvalue weighted by atomic mass is 9.96. The van der Waals surface area contributed by atoms with Gasteiger partial charge < -0.3 is 40.0 Å². The quantitative estimate of drug-likeness (QED) is 0.0458. The van der Waals surface area contributed by atoms with Gasteiger partial charge in [-0.25, -0.2) is 15.0 Å². The zero-order chi connectivity index (χ0) is 49.1. The molecule has 0 aliphatic carbocycles. The number of anilines is 2. The van der Waals surface area contributed by atoms with Crippen LogP contribution in [0.4, 0.5) is 11.9 Å². The lowest BCUT2D eigenvalue weighted by Crippen LogP contribution is -2.51. The van der Waals surface area contributed by atoms with Crippen molar-refractivity contribution in [3.63, 3.8) is 0 Å². The molecular formula is C47H51N13O9. The molecule has 0 bridgehead atoms. The van der Waals surface area contributed by atoms with E-state index in [-0.39, 0.29) is 85.6 Å². The molecule has 4 aromatic heterocycles. The van der Waals surface area contributed by atoms with Crippen molar-refractivity contribution in [1.82, 2.24) is 43.7 Å². The lowest BCUT2D eigenvalue weighted by molar-refractivity contribution is -0.140. The summed E-state index contributed by atoms with van der Waals surface area (Å²) in [5.41, 5.74) is 15.2. The van der Waals surface area contributed by atoms with Gasteiger partial charge in [-0.15, -0.1) is 0 Å². The molecule has 1 saturated heterocycles. The summed E-state index contributed by atoms with van der Waals surface area (Å²) in [6.07, 6.45) is 7.15. The zero-order valence-corrected chi connectivity index (χ0v) is 38.5. The number of likely N-dealkylation sites (tertiary alicyclic amines) is 1. The molecule has 0 atom stereocenters. The normalized spacial score (nSPS) is 13.9. The number of aryl methyl sites for hydroxylation is 4. The third-order valence-corrected chi connectivity index (χ3v) is 11.9. The van der Waals surface area contributed by atoms with E-state index in [9.17, 15) is 33.6 Å². The Morgan fingerprint density at radius 2 is 1.57 bits per heavy atom. The maximum atomic E-state index is 13.6. The van der Waals surface area contributed by atoms with Gasteiger partial charge in [0, 0.05) is 75.9 Å². The average molecular weight is 942 g/mol. The molecule has 0 spiro atoms. The van der Waals surface area contributed by atoms with Crippen LogP contribution in [-0.2, 0) is 40.4 Å². The van der Waals surface area contributed by atoms with E-state index in [0.717, 1.165) is 4.90 Å². The number of nitrogens with one attached hydrogen (secondary N) is 2. The van der Waals surface area contributed by atoms with E-state index >= 15 is 0 Å². The first-order valence-electron chi connectivity index (χ1n) is 22.4. The van der Waals surface area contributed by atoms with E-state index in [1.165, 1.54) is 18.2 Å². The van der Waals surface area contributed by atoms with Crippen LogP contribution in [0, 0.1) is 19.8 Å². The molecule has 6 amide bonds. The standard InChI is InChI=1S/C47H51N13O9/c1-5-31-42(69-27(4)51-31)36(61)23-50-46-53-33-21-30(44(49)66)22-37(68-18-14-28-24-56(25-28)38(62)13-17-58-39(63)11-12-40(58)64)41(33)59(46)16-8-7-15-57-34-10-9-29(43(48)65)20-32(34)52-47(57)54-45(67)35-19-26(3)55-60(35)6-2/h7-12,19-22,28H,5-6,13-18,23-25H2,1-4H3,(H2,48,65)(H2,49,66)(H,50,53)(H,52,54,67)/b8-7+. The molecule has 22 heteroatoms. The number of nitrogens with two attached hydrogens (primary N) is 2. The first-order valence-corrected chi connectivity index (χ1v) is 22.4. The van der Waals surface area contributed by atoms with E-state index in [1.807, 2.05) is 26.0 Å². The van der Waals surface area contributed by atoms with Crippen LogP contribution in [0.15, 0.2) is 65.1 Å². The van der Waals surface area contributed by atoms with Crippen LogP contribution in [0.3, 0.4) is 0 Å². The van der Waals surface area contributed by atoms with Gasteiger partial charge in [0.05, 0.1) is 41.1 Å². The molecule has 2 aromatic carbocycles. The zero-order valence-electron chi connectivity index (χ0n) is 38.5. The van der Waals surface area contributed by atoms with Crippen LogP contribution in [0.25, 0.3) is 22.1 Å². The summed E-state index contributed by atoms with van der Waals surface area (Å²) in [5, 5.41) is 10.4. The van der Waals surface area contributed by atoms with Gasteiger partial charge in [-0.3, -0.25) is 48.5 Å². The van der Waals surface area contributed by atoms with Crippen molar-refractivity contribution < 1.29 is 42.7 Å². The largest absolute Gasteiger partial charge is 0.491 e. The maximum Gasteiger partial charge on any atom is 0.276 e. The number of imide groups is 1. The molecule has 0 unspecified atom stereocenters. The number of carbonyl (C=O) groups excluding carboxylic acids is 7. The highest BCUT2D eigenvalue weighted by Crippen LogP contribution is 2.32. The summed E-state index contributed by atoms with van der Waals surface area (Å²) in [6.45, 7) is 9.01. The molecule has 6 aromatic rings. The Balaban J connectivity index is 1.04. The predicted octanol–water partition coefficient (Wildman–Crippen LogP) is 3.31. The molecule has 8 rings (SSSR count). The number of ether oxygens (including phenoxy) is 1. The number of amides is 6. The van der Waals surface area contributed by atoms with Crippen molar-refractivity contribution in [3.05, 3.63) is 101 Å². The minimum absolute atomic E-state index is 0.0128. The van der Waals surface area contributed by atoms with Crippen molar-refractivity contribution in [1.29, 1.82) is 0 Å². The summed E-state index contributed by atoms with van der Waals surface area (Å²) >= 11 is 0. The van der Waals surface area contributed by atoms with Gasteiger partial charge in [0.1, 0.15) is 17.0 Å². The first kappa shape index (κ1) is 47.1. The number of allylic oxidation sites excluding steroid dienone is 2. The highest BCUT2D eigenvalue weighted by Gasteiger charge is 2.32. The second kappa shape index (κ2) is 19.8. The van der Waals surface area contributed by atoms with Gasteiger partial charge >= 0.3 is 0 Å². The number of carbonyl (C=O) groups is 7. The van der Waals surface area contributed by atoms with E-state index in [0.29, 0.717) is 83.3 Å². The Kier molecular flexibility index (Phi) is 13.5. The van der Waals surface area contributed by atoms with E-state index < -0.39 is 29.5 Å². The van der Waals surface area contributed by atoms with Gasteiger partial charge in [-0.2, -0.15) is 5.10 Å². The van der Waals surface area contributed by atoms with Crippen molar-refractivity contribution >= 4 is 75.2 Å². The Labute approximate surface area is 394 Å². The van der Waals surface area contributed by atoms with Gasteiger partial charge in [-0.1, -0.05) is 19.1 Å². The number of hydrogen-bond donors (Lipinski definition) is 4. The Morgan fingerprint density at radius 1 is 0.870 bits per heavy atom. The molecule has 0 saturated carbocycles. The van der Waals surface area contributed by atoms with Gasteiger partial charge in [-0.05, 0) is 69.0 Å². The van der Waals surface area contributed by atoms with Crippen molar-refractivity contribution in [3.8, 4) is 5.75 Å². The SMILES string of the molecule is CCc1nc(C)oc1C(=O)CNc1nc2cc(C(N)=O)cc(OCCC3CN(C(=O)CCN4C(=O)C=CC4=O)C3)c2n1C/C=C/Cn1c(NC(=O)c2cc(C)nn2CC)nc2cc(C(N)=O)ccc21. The molecule has 69 heavy (non-hydrogen) atoms. The highest BCUT2D eigenvalue weighted by atomic mass is 16.5. The number of benzene rings is 2. The number of nitrogens with zero attached hydrogens (tertiary/aromatic N) is 9.